The smallest absolute Gasteiger partial charge is 0.283 e. The van der Waals surface area contributed by atoms with E-state index in [2.05, 4.69) is 26.3 Å². The number of rotatable bonds is 4. The Labute approximate surface area is 129 Å². The fourth-order valence-electron chi connectivity index (χ4n) is 2.29. The standard InChI is InChI=1S/C14H14BrN3O3/c15-13-10(7-16-18(5-6-19)14(13)20)17-11-8-21-12-4-2-1-3-9(11)12/h1-4,7,11,17,19H,5-6,8H2. The third-order valence-corrected chi connectivity index (χ3v) is 4.09. The Morgan fingerprint density at radius 3 is 3.10 bits per heavy atom. The van der Waals surface area contributed by atoms with Crippen molar-refractivity contribution in [3.05, 3.63) is 50.9 Å². The normalized spacial score (nSPS) is 16.4. The minimum absolute atomic E-state index is 0.0209. The Hall–Kier alpha value is -1.86. The van der Waals surface area contributed by atoms with Gasteiger partial charge >= 0.3 is 0 Å². The lowest BCUT2D eigenvalue weighted by atomic mass is 10.1. The van der Waals surface area contributed by atoms with Crippen molar-refractivity contribution in [3.63, 3.8) is 0 Å². The Balaban J connectivity index is 1.87. The molecular weight excluding hydrogens is 338 g/mol. The number of hydrogen-bond acceptors (Lipinski definition) is 5. The predicted octanol–water partition coefficient (Wildman–Crippen LogP) is 1.54. The van der Waals surface area contributed by atoms with Crippen molar-refractivity contribution in [2.24, 2.45) is 0 Å². The molecule has 2 aromatic rings. The fraction of sp³-hybridized carbons (Fsp3) is 0.286. The highest BCUT2D eigenvalue weighted by Crippen LogP contribution is 2.34. The molecule has 3 rings (SSSR count). The molecule has 2 heterocycles. The number of nitrogens with one attached hydrogen (secondary N) is 1. The number of anilines is 1. The highest BCUT2D eigenvalue weighted by atomic mass is 79.9. The fourth-order valence-corrected chi connectivity index (χ4v) is 2.71. The maximum atomic E-state index is 12.1. The van der Waals surface area contributed by atoms with Gasteiger partial charge in [-0.25, -0.2) is 4.68 Å². The SMILES string of the molecule is O=c1c(Br)c(NC2COc3ccccc32)cnn1CCO. The molecular formula is C14H14BrN3O3. The topological polar surface area (TPSA) is 76.4 Å². The van der Waals surface area contributed by atoms with Gasteiger partial charge in [0.1, 0.15) is 16.8 Å². The highest BCUT2D eigenvalue weighted by molar-refractivity contribution is 9.10. The molecule has 1 aromatic carbocycles. The molecule has 0 radical (unpaired) electrons. The zero-order valence-corrected chi connectivity index (χ0v) is 12.7. The van der Waals surface area contributed by atoms with E-state index in [1.807, 2.05) is 24.3 Å². The molecule has 1 unspecified atom stereocenters. The van der Waals surface area contributed by atoms with Crippen LogP contribution in [-0.2, 0) is 6.54 Å². The molecule has 0 spiro atoms. The molecule has 0 fully saturated rings. The number of halogens is 1. The summed E-state index contributed by atoms with van der Waals surface area (Å²) in [6.45, 7) is 0.550. The van der Waals surface area contributed by atoms with E-state index in [0.717, 1.165) is 11.3 Å². The lowest BCUT2D eigenvalue weighted by Gasteiger charge is -2.14. The predicted molar refractivity (Wildman–Crippen MR) is 81.6 cm³/mol. The quantitative estimate of drug-likeness (QED) is 0.873. The summed E-state index contributed by atoms with van der Waals surface area (Å²) in [7, 11) is 0. The van der Waals surface area contributed by atoms with Crippen LogP contribution in [0.4, 0.5) is 5.69 Å². The number of fused-ring (bicyclic) bond motifs is 1. The summed E-state index contributed by atoms with van der Waals surface area (Å²) < 4.78 is 7.22. The van der Waals surface area contributed by atoms with E-state index in [-0.39, 0.29) is 24.8 Å². The van der Waals surface area contributed by atoms with Gasteiger partial charge in [-0.1, -0.05) is 18.2 Å². The first-order valence-electron chi connectivity index (χ1n) is 6.55. The molecule has 2 N–H and O–H groups in total. The van der Waals surface area contributed by atoms with Gasteiger partial charge in [0, 0.05) is 5.56 Å². The van der Waals surface area contributed by atoms with Gasteiger partial charge in [-0.3, -0.25) is 4.79 Å². The third-order valence-electron chi connectivity index (χ3n) is 3.33. The number of aliphatic hydroxyl groups is 1. The van der Waals surface area contributed by atoms with Crippen LogP contribution in [0.2, 0.25) is 0 Å². The van der Waals surface area contributed by atoms with Gasteiger partial charge in [0.15, 0.2) is 0 Å². The van der Waals surface area contributed by atoms with Crippen LogP contribution in [0.1, 0.15) is 11.6 Å². The number of ether oxygens (including phenoxy) is 1. The molecule has 1 atom stereocenters. The molecule has 0 aliphatic carbocycles. The second kappa shape index (κ2) is 5.87. The molecule has 0 amide bonds. The highest BCUT2D eigenvalue weighted by Gasteiger charge is 2.24. The molecule has 1 aliphatic rings. The number of para-hydroxylation sites is 1. The summed E-state index contributed by atoms with van der Waals surface area (Å²) in [6, 6.07) is 7.77. The van der Waals surface area contributed by atoms with Crippen LogP contribution in [0.15, 0.2) is 39.7 Å². The second-order valence-electron chi connectivity index (χ2n) is 4.67. The second-order valence-corrected chi connectivity index (χ2v) is 5.46. The van der Waals surface area contributed by atoms with Crippen molar-refractivity contribution >= 4 is 21.6 Å². The maximum Gasteiger partial charge on any atom is 0.283 e. The summed E-state index contributed by atoms with van der Waals surface area (Å²) in [5.41, 5.74) is 1.39. The molecule has 1 aliphatic heterocycles. The van der Waals surface area contributed by atoms with Gasteiger partial charge in [-0.2, -0.15) is 5.10 Å². The van der Waals surface area contributed by atoms with E-state index in [4.69, 9.17) is 9.84 Å². The monoisotopic (exact) mass is 351 g/mol. The minimum Gasteiger partial charge on any atom is -0.491 e. The van der Waals surface area contributed by atoms with Crippen LogP contribution in [0.25, 0.3) is 0 Å². The zero-order chi connectivity index (χ0) is 14.8. The number of aromatic nitrogens is 2. The van der Waals surface area contributed by atoms with Gasteiger partial charge < -0.3 is 15.2 Å². The number of aliphatic hydroxyl groups excluding tert-OH is 1. The Bertz CT molecular complexity index is 717. The molecule has 1 aromatic heterocycles. The molecule has 0 saturated carbocycles. The molecule has 0 saturated heterocycles. The average Bonchev–Trinajstić information content (AvgIpc) is 2.90. The van der Waals surface area contributed by atoms with E-state index in [1.165, 1.54) is 4.68 Å². The summed E-state index contributed by atoms with van der Waals surface area (Å²) in [4.78, 5) is 12.1. The summed E-state index contributed by atoms with van der Waals surface area (Å²) in [5.74, 6) is 0.854. The van der Waals surface area contributed by atoms with E-state index < -0.39 is 0 Å². The van der Waals surface area contributed by atoms with Crippen molar-refractivity contribution < 1.29 is 9.84 Å². The van der Waals surface area contributed by atoms with Crippen LogP contribution in [0, 0.1) is 0 Å². The van der Waals surface area contributed by atoms with Crippen molar-refractivity contribution in [1.29, 1.82) is 0 Å². The Kier molecular flexibility index (Phi) is 3.94. The first kappa shape index (κ1) is 14.1. The lowest BCUT2D eigenvalue weighted by molar-refractivity contribution is 0.266. The molecule has 0 bridgehead atoms. The van der Waals surface area contributed by atoms with E-state index in [1.54, 1.807) is 6.20 Å². The van der Waals surface area contributed by atoms with Crippen LogP contribution < -0.4 is 15.6 Å². The van der Waals surface area contributed by atoms with Gasteiger partial charge in [-0.05, 0) is 22.0 Å². The molecule has 110 valence electrons. The van der Waals surface area contributed by atoms with E-state index in [9.17, 15) is 4.79 Å². The number of hydrogen-bond donors (Lipinski definition) is 2. The van der Waals surface area contributed by atoms with Crippen molar-refractivity contribution in [2.75, 3.05) is 18.5 Å². The molecule has 6 nitrogen and oxygen atoms in total. The maximum absolute atomic E-state index is 12.1. The summed E-state index contributed by atoms with van der Waals surface area (Å²) >= 11 is 3.29. The van der Waals surface area contributed by atoms with Gasteiger partial charge in [-0.15, -0.1) is 0 Å². The van der Waals surface area contributed by atoms with Crippen LogP contribution >= 0.6 is 15.9 Å². The van der Waals surface area contributed by atoms with E-state index >= 15 is 0 Å². The van der Waals surface area contributed by atoms with Crippen molar-refractivity contribution in [1.82, 2.24) is 9.78 Å². The minimum atomic E-state index is -0.277. The first-order chi connectivity index (χ1) is 10.2. The van der Waals surface area contributed by atoms with E-state index in [0.29, 0.717) is 16.8 Å². The van der Waals surface area contributed by atoms with Gasteiger partial charge in [0.25, 0.3) is 5.56 Å². The lowest BCUT2D eigenvalue weighted by Crippen LogP contribution is -2.26. The number of benzene rings is 1. The first-order valence-corrected chi connectivity index (χ1v) is 7.34. The summed E-state index contributed by atoms with van der Waals surface area (Å²) in [6.07, 6.45) is 1.57. The Morgan fingerprint density at radius 1 is 1.48 bits per heavy atom. The van der Waals surface area contributed by atoms with Crippen LogP contribution in [-0.4, -0.2) is 28.1 Å². The molecule has 21 heavy (non-hydrogen) atoms. The average molecular weight is 352 g/mol. The van der Waals surface area contributed by atoms with Crippen LogP contribution in [0.5, 0.6) is 5.75 Å². The third kappa shape index (κ3) is 2.66. The van der Waals surface area contributed by atoms with Crippen LogP contribution in [0.3, 0.4) is 0 Å². The van der Waals surface area contributed by atoms with Crippen molar-refractivity contribution in [3.8, 4) is 5.75 Å². The van der Waals surface area contributed by atoms with Crippen molar-refractivity contribution in [2.45, 2.75) is 12.6 Å². The zero-order valence-electron chi connectivity index (χ0n) is 11.1. The largest absolute Gasteiger partial charge is 0.491 e. The number of nitrogens with zero attached hydrogens (tertiary/aromatic N) is 2. The van der Waals surface area contributed by atoms with Gasteiger partial charge in [0.2, 0.25) is 0 Å². The molecule has 7 heteroatoms. The Morgan fingerprint density at radius 2 is 2.29 bits per heavy atom. The summed E-state index contributed by atoms with van der Waals surface area (Å²) in [5, 5.41) is 16.2. The van der Waals surface area contributed by atoms with Gasteiger partial charge in [0.05, 0.1) is 31.1 Å².